The van der Waals surface area contributed by atoms with Crippen LogP contribution >= 0.6 is 15.9 Å². The number of aromatic nitrogens is 1. The zero-order valence-corrected chi connectivity index (χ0v) is 12.8. The largest absolute Gasteiger partial charge is 0.478 e. The lowest BCUT2D eigenvalue weighted by Crippen LogP contribution is -2.24. The molecule has 0 atom stereocenters. The first-order valence-electron chi connectivity index (χ1n) is 5.65. The van der Waals surface area contributed by atoms with E-state index in [1.165, 1.54) is 0 Å². The van der Waals surface area contributed by atoms with E-state index >= 15 is 0 Å². The third-order valence-electron chi connectivity index (χ3n) is 2.65. The van der Waals surface area contributed by atoms with Gasteiger partial charge in [-0.3, -0.25) is 0 Å². The van der Waals surface area contributed by atoms with E-state index in [2.05, 4.69) is 25.6 Å². The van der Waals surface area contributed by atoms with Crippen molar-refractivity contribution in [1.29, 1.82) is 0 Å². The van der Waals surface area contributed by atoms with Crippen LogP contribution in [0.5, 0.6) is 0 Å². The van der Waals surface area contributed by atoms with Crippen LogP contribution in [0, 0.1) is 5.82 Å². The lowest BCUT2D eigenvalue weighted by molar-refractivity contribution is 0.0691. The number of benzene rings is 1. The van der Waals surface area contributed by atoms with Crippen LogP contribution in [-0.4, -0.2) is 24.5 Å². The lowest BCUT2D eigenvalue weighted by atomic mass is 10.2. The van der Waals surface area contributed by atoms with Gasteiger partial charge < -0.3 is 10.1 Å². The number of hydrogen-bond donors (Lipinski definition) is 3. The van der Waals surface area contributed by atoms with Gasteiger partial charge in [0.25, 0.3) is 0 Å². The third kappa shape index (κ3) is 3.49. The maximum Gasteiger partial charge on any atom is 0.338 e. The second-order valence-corrected chi connectivity index (χ2v) is 6.77. The first-order chi connectivity index (χ1) is 9.81. The van der Waals surface area contributed by atoms with Crippen LogP contribution in [0.2, 0.25) is 0 Å². The van der Waals surface area contributed by atoms with Crippen molar-refractivity contribution in [2.75, 3.05) is 0 Å². The molecular formula is C12H10BrFN2O4S. The predicted molar refractivity (Wildman–Crippen MR) is 75.9 cm³/mol. The Morgan fingerprint density at radius 3 is 2.71 bits per heavy atom. The fraction of sp³-hybridized carbons (Fsp3) is 0.0833. The number of aromatic carboxylic acids is 1. The molecule has 2 rings (SSSR count). The fourth-order valence-corrected chi connectivity index (χ4v) is 3.39. The number of carboxylic acids is 1. The summed E-state index contributed by atoms with van der Waals surface area (Å²) in [5.74, 6) is -2.84. The molecule has 0 bridgehead atoms. The normalized spacial score (nSPS) is 11.5. The summed E-state index contributed by atoms with van der Waals surface area (Å²) >= 11 is 2.97. The van der Waals surface area contributed by atoms with Crippen molar-refractivity contribution >= 4 is 31.9 Å². The van der Waals surface area contributed by atoms with E-state index in [0.717, 1.165) is 12.1 Å². The number of aromatic amines is 1. The Morgan fingerprint density at radius 1 is 1.43 bits per heavy atom. The van der Waals surface area contributed by atoms with Crippen molar-refractivity contribution in [3.8, 4) is 0 Å². The van der Waals surface area contributed by atoms with Gasteiger partial charge in [-0.15, -0.1) is 0 Å². The van der Waals surface area contributed by atoms with Crippen molar-refractivity contribution in [3.05, 3.63) is 52.0 Å². The molecule has 0 unspecified atom stereocenters. The number of carboxylic acid groups (broad SMARTS) is 1. The predicted octanol–water partition coefficient (Wildman–Crippen LogP) is 2.09. The Bertz CT molecular complexity index is 775. The molecule has 0 aliphatic carbocycles. The van der Waals surface area contributed by atoms with E-state index in [0.29, 0.717) is 5.56 Å². The second-order valence-electron chi connectivity index (χ2n) is 4.11. The van der Waals surface area contributed by atoms with E-state index in [-0.39, 0.29) is 11.0 Å². The Hall–Kier alpha value is -1.71. The highest BCUT2D eigenvalue weighted by molar-refractivity contribution is 9.10. The number of rotatable bonds is 5. The van der Waals surface area contributed by atoms with E-state index in [1.807, 2.05) is 0 Å². The standard InChI is InChI=1S/C12H10BrFN2O4S/c13-8-3-9(12(17)18)11(14)10(4-8)21(19,20)16-6-7-1-2-15-5-7/h1-5,15-16H,6H2,(H,17,18). The van der Waals surface area contributed by atoms with Crippen LogP contribution in [0.15, 0.2) is 40.0 Å². The average Bonchev–Trinajstić information content (AvgIpc) is 2.91. The van der Waals surface area contributed by atoms with Gasteiger partial charge in [-0.25, -0.2) is 22.3 Å². The molecule has 1 aromatic heterocycles. The van der Waals surface area contributed by atoms with Crippen molar-refractivity contribution in [2.45, 2.75) is 11.4 Å². The molecule has 0 radical (unpaired) electrons. The Morgan fingerprint density at radius 2 is 2.14 bits per heavy atom. The quantitative estimate of drug-likeness (QED) is 0.743. The molecule has 3 N–H and O–H groups in total. The van der Waals surface area contributed by atoms with Gasteiger partial charge in [-0.2, -0.15) is 0 Å². The molecule has 0 saturated heterocycles. The third-order valence-corrected chi connectivity index (χ3v) is 4.51. The zero-order valence-electron chi connectivity index (χ0n) is 10.4. The van der Waals surface area contributed by atoms with Crippen LogP contribution < -0.4 is 4.72 Å². The molecule has 21 heavy (non-hydrogen) atoms. The minimum Gasteiger partial charge on any atom is -0.478 e. The first-order valence-corrected chi connectivity index (χ1v) is 7.92. The van der Waals surface area contributed by atoms with Crippen molar-refractivity contribution < 1.29 is 22.7 Å². The molecule has 0 saturated carbocycles. The monoisotopic (exact) mass is 376 g/mol. The molecular weight excluding hydrogens is 367 g/mol. The van der Waals surface area contributed by atoms with E-state index in [4.69, 9.17) is 5.11 Å². The molecule has 0 aliphatic rings. The van der Waals surface area contributed by atoms with Crippen molar-refractivity contribution in [2.24, 2.45) is 0 Å². The SMILES string of the molecule is O=C(O)c1cc(Br)cc(S(=O)(=O)NCc2cc[nH]c2)c1F. The molecule has 0 spiro atoms. The second kappa shape index (κ2) is 5.96. The van der Waals surface area contributed by atoms with Gasteiger partial charge in [0.15, 0.2) is 5.82 Å². The molecule has 9 heteroatoms. The van der Waals surface area contributed by atoms with Crippen LogP contribution in [0.4, 0.5) is 4.39 Å². The summed E-state index contributed by atoms with van der Waals surface area (Å²) in [5.41, 5.74) is -0.0566. The maximum absolute atomic E-state index is 14.0. The summed E-state index contributed by atoms with van der Waals surface area (Å²) in [5, 5.41) is 8.88. The number of hydrogen-bond acceptors (Lipinski definition) is 3. The summed E-state index contributed by atoms with van der Waals surface area (Å²) in [6.45, 7) is -0.0415. The van der Waals surface area contributed by atoms with Crippen LogP contribution in [-0.2, 0) is 16.6 Å². The van der Waals surface area contributed by atoms with Gasteiger partial charge in [-0.1, -0.05) is 15.9 Å². The summed E-state index contributed by atoms with van der Waals surface area (Å²) in [6.07, 6.45) is 3.20. The molecule has 0 amide bonds. The van der Waals surface area contributed by atoms with Gasteiger partial charge in [0.2, 0.25) is 10.0 Å². The maximum atomic E-state index is 14.0. The molecule has 1 aromatic carbocycles. The first kappa shape index (κ1) is 15.7. The number of H-pyrrole nitrogens is 1. The van der Waals surface area contributed by atoms with Crippen LogP contribution in [0.25, 0.3) is 0 Å². The summed E-state index contributed by atoms with van der Waals surface area (Å²) in [6, 6.07) is 3.67. The zero-order chi connectivity index (χ0) is 15.6. The highest BCUT2D eigenvalue weighted by Gasteiger charge is 2.24. The molecule has 0 fully saturated rings. The lowest BCUT2D eigenvalue weighted by Gasteiger charge is -2.09. The smallest absolute Gasteiger partial charge is 0.338 e. The number of halogens is 2. The number of nitrogens with one attached hydrogen (secondary N) is 2. The highest BCUT2D eigenvalue weighted by atomic mass is 79.9. The van der Waals surface area contributed by atoms with Crippen molar-refractivity contribution in [3.63, 3.8) is 0 Å². The van der Waals surface area contributed by atoms with E-state index in [9.17, 15) is 17.6 Å². The molecule has 112 valence electrons. The number of carbonyl (C=O) groups is 1. The topological polar surface area (TPSA) is 99.3 Å². The summed E-state index contributed by atoms with van der Waals surface area (Å²) in [4.78, 5) is 13.0. The molecule has 2 aromatic rings. The fourth-order valence-electron chi connectivity index (χ4n) is 1.64. The Labute approximate surface area is 128 Å². The molecule has 6 nitrogen and oxygen atoms in total. The van der Waals surface area contributed by atoms with Gasteiger partial charge in [0.1, 0.15) is 4.90 Å². The molecule has 0 aliphatic heterocycles. The highest BCUT2D eigenvalue weighted by Crippen LogP contribution is 2.24. The van der Waals surface area contributed by atoms with Gasteiger partial charge in [0.05, 0.1) is 5.56 Å². The van der Waals surface area contributed by atoms with Crippen LogP contribution in [0.1, 0.15) is 15.9 Å². The van der Waals surface area contributed by atoms with E-state index in [1.54, 1.807) is 18.5 Å². The molecule has 1 heterocycles. The Balaban J connectivity index is 2.37. The minimum atomic E-state index is -4.18. The van der Waals surface area contributed by atoms with Crippen LogP contribution in [0.3, 0.4) is 0 Å². The van der Waals surface area contributed by atoms with Gasteiger partial charge in [-0.05, 0) is 23.8 Å². The summed E-state index contributed by atoms with van der Waals surface area (Å²) in [7, 11) is -4.18. The van der Waals surface area contributed by atoms with Gasteiger partial charge in [0, 0.05) is 23.4 Å². The van der Waals surface area contributed by atoms with Gasteiger partial charge >= 0.3 is 5.97 Å². The average molecular weight is 377 g/mol. The van der Waals surface area contributed by atoms with E-state index < -0.39 is 32.3 Å². The summed E-state index contributed by atoms with van der Waals surface area (Å²) < 4.78 is 40.6. The minimum absolute atomic E-state index is 0.0415. The Kier molecular flexibility index (Phi) is 4.45. The van der Waals surface area contributed by atoms with Crippen molar-refractivity contribution in [1.82, 2.24) is 9.71 Å². The number of sulfonamides is 1.